The van der Waals surface area contributed by atoms with Gasteiger partial charge in [0.15, 0.2) is 0 Å². The van der Waals surface area contributed by atoms with E-state index in [9.17, 15) is 0 Å². The second kappa shape index (κ2) is 7.37. The predicted molar refractivity (Wildman–Crippen MR) is 91.7 cm³/mol. The molecule has 2 atom stereocenters. The fraction of sp³-hybridized carbons (Fsp3) is 0.647. The van der Waals surface area contributed by atoms with Gasteiger partial charge in [-0.15, -0.1) is 0 Å². The van der Waals surface area contributed by atoms with E-state index in [1.165, 1.54) is 24.3 Å². The van der Waals surface area contributed by atoms with Gasteiger partial charge in [-0.1, -0.05) is 39.8 Å². The summed E-state index contributed by atoms with van der Waals surface area (Å²) in [6.07, 6.45) is 0. The standard InChI is InChI=1S/C17H28N2S/c1-13(2)9-18-10-16-5-7-17(8-6-16)19-11-14(3)20-15(4)12-19/h5-8,13-15,18H,9-12H2,1-4H3. The molecule has 1 aliphatic rings. The zero-order valence-corrected chi connectivity index (χ0v) is 14.0. The van der Waals surface area contributed by atoms with Crippen LogP contribution in [0.15, 0.2) is 24.3 Å². The summed E-state index contributed by atoms with van der Waals surface area (Å²) in [5.41, 5.74) is 2.75. The molecule has 2 nitrogen and oxygen atoms in total. The minimum Gasteiger partial charge on any atom is -0.369 e. The highest BCUT2D eigenvalue weighted by Gasteiger charge is 2.22. The van der Waals surface area contributed by atoms with Crippen molar-refractivity contribution in [2.24, 2.45) is 5.92 Å². The van der Waals surface area contributed by atoms with Crippen molar-refractivity contribution in [3.05, 3.63) is 29.8 Å². The number of thioether (sulfide) groups is 1. The first-order valence-electron chi connectivity index (χ1n) is 7.74. The molecule has 1 aromatic carbocycles. The van der Waals surface area contributed by atoms with Crippen LogP contribution < -0.4 is 10.2 Å². The molecule has 0 aromatic heterocycles. The summed E-state index contributed by atoms with van der Waals surface area (Å²) in [6, 6.07) is 9.09. The fourth-order valence-corrected chi connectivity index (χ4v) is 4.04. The second-order valence-corrected chi connectivity index (χ2v) is 8.24. The summed E-state index contributed by atoms with van der Waals surface area (Å²) in [5.74, 6) is 0.711. The summed E-state index contributed by atoms with van der Waals surface area (Å²) < 4.78 is 0. The van der Waals surface area contributed by atoms with Crippen LogP contribution in [-0.4, -0.2) is 30.1 Å². The van der Waals surface area contributed by atoms with Gasteiger partial charge >= 0.3 is 0 Å². The number of nitrogens with zero attached hydrogens (tertiary/aromatic N) is 1. The Kier molecular flexibility index (Phi) is 5.79. The highest BCUT2D eigenvalue weighted by atomic mass is 32.2. The smallest absolute Gasteiger partial charge is 0.0367 e. The van der Waals surface area contributed by atoms with E-state index in [1.54, 1.807) is 0 Å². The van der Waals surface area contributed by atoms with Crippen LogP contribution in [-0.2, 0) is 6.54 Å². The van der Waals surface area contributed by atoms with E-state index in [-0.39, 0.29) is 0 Å². The molecule has 20 heavy (non-hydrogen) atoms. The lowest BCUT2D eigenvalue weighted by Gasteiger charge is -2.36. The van der Waals surface area contributed by atoms with Gasteiger partial charge in [-0.3, -0.25) is 0 Å². The minimum atomic E-state index is 0.711. The van der Waals surface area contributed by atoms with Gasteiger partial charge in [0.2, 0.25) is 0 Å². The third kappa shape index (κ3) is 4.71. The lowest BCUT2D eigenvalue weighted by Crippen LogP contribution is -2.40. The van der Waals surface area contributed by atoms with Crippen LogP contribution in [0.5, 0.6) is 0 Å². The van der Waals surface area contributed by atoms with Crippen LogP contribution in [0, 0.1) is 5.92 Å². The van der Waals surface area contributed by atoms with Crippen molar-refractivity contribution in [3.63, 3.8) is 0 Å². The highest BCUT2D eigenvalue weighted by Crippen LogP contribution is 2.28. The molecular weight excluding hydrogens is 264 g/mol. The Labute approximate surface area is 128 Å². The molecule has 0 spiro atoms. The number of hydrogen-bond donors (Lipinski definition) is 1. The van der Waals surface area contributed by atoms with Crippen molar-refractivity contribution in [1.82, 2.24) is 5.32 Å². The van der Waals surface area contributed by atoms with E-state index in [1.807, 2.05) is 0 Å². The quantitative estimate of drug-likeness (QED) is 0.889. The molecule has 2 rings (SSSR count). The van der Waals surface area contributed by atoms with E-state index < -0.39 is 0 Å². The van der Waals surface area contributed by atoms with Gasteiger partial charge in [0.1, 0.15) is 0 Å². The van der Waals surface area contributed by atoms with Crippen molar-refractivity contribution in [3.8, 4) is 0 Å². The van der Waals surface area contributed by atoms with E-state index in [4.69, 9.17) is 0 Å². The number of benzene rings is 1. The maximum atomic E-state index is 3.50. The average Bonchev–Trinajstić information content (AvgIpc) is 2.38. The van der Waals surface area contributed by atoms with Crippen molar-refractivity contribution in [2.45, 2.75) is 44.7 Å². The minimum absolute atomic E-state index is 0.711. The fourth-order valence-electron chi connectivity index (χ4n) is 2.72. The number of nitrogens with one attached hydrogen (secondary N) is 1. The zero-order valence-electron chi connectivity index (χ0n) is 13.2. The third-order valence-electron chi connectivity index (χ3n) is 3.60. The SMILES string of the molecule is CC(C)CNCc1ccc(N2CC(C)SC(C)C2)cc1. The third-order valence-corrected chi connectivity index (χ3v) is 4.83. The molecule has 1 heterocycles. The number of rotatable bonds is 5. The van der Waals surface area contributed by atoms with E-state index >= 15 is 0 Å². The van der Waals surface area contributed by atoms with Gasteiger partial charge in [0.25, 0.3) is 0 Å². The van der Waals surface area contributed by atoms with Crippen molar-refractivity contribution in [2.75, 3.05) is 24.5 Å². The van der Waals surface area contributed by atoms with Crippen LogP contribution in [0.4, 0.5) is 5.69 Å². The molecule has 112 valence electrons. The molecule has 1 aromatic rings. The molecule has 0 saturated carbocycles. The molecule has 3 heteroatoms. The summed E-state index contributed by atoms with van der Waals surface area (Å²) in [6.45, 7) is 13.5. The molecule has 0 aliphatic carbocycles. The van der Waals surface area contributed by atoms with Gasteiger partial charge in [0, 0.05) is 35.8 Å². The Bertz CT molecular complexity index is 392. The van der Waals surface area contributed by atoms with E-state index in [0.717, 1.165) is 23.6 Å². The maximum absolute atomic E-state index is 3.50. The largest absolute Gasteiger partial charge is 0.369 e. The Morgan fingerprint density at radius 3 is 2.30 bits per heavy atom. The molecule has 0 radical (unpaired) electrons. The molecular formula is C17H28N2S. The lowest BCUT2D eigenvalue weighted by atomic mass is 10.1. The first-order chi connectivity index (χ1) is 9.54. The summed E-state index contributed by atoms with van der Waals surface area (Å²) >= 11 is 2.10. The Morgan fingerprint density at radius 1 is 1.15 bits per heavy atom. The molecule has 1 fully saturated rings. The van der Waals surface area contributed by atoms with Crippen molar-refractivity contribution >= 4 is 17.4 Å². The van der Waals surface area contributed by atoms with Gasteiger partial charge in [-0.05, 0) is 30.2 Å². The van der Waals surface area contributed by atoms with Crippen LogP contribution in [0.3, 0.4) is 0 Å². The second-order valence-electron chi connectivity index (χ2n) is 6.35. The van der Waals surface area contributed by atoms with Crippen LogP contribution in [0.1, 0.15) is 33.3 Å². The van der Waals surface area contributed by atoms with Gasteiger partial charge < -0.3 is 10.2 Å². The molecule has 2 unspecified atom stereocenters. The Balaban J connectivity index is 1.90. The normalized spacial score (nSPS) is 23.4. The van der Waals surface area contributed by atoms with Gasteiger partial charge in [0.05, 0.1) is 0 Å². The summed E-state index contributed by atoms with van der Waals surface area (Å²) in [7, 11) is 0. The molecule has 1 N–H and O–H groups in total. The van der Waals surface area contributed by atoms with Crippen molar-refractivity contribution < 1.29 is 0 Å². The highest BCUT2D eigenvalue weighted by molar-refractivity contribution is 8.00. The predicted octanol–water partition coefficient (Wildman–Crippen LogP) is 3.76. The summed E-state index contributed by atoms with van der Waals surface area (Å²) in [5, 5.41) is 4.95. The van der Waals surface area contributed by atoms with Crippen LogP contribution >= 0.6 is 11.8 Å². The number of anilines is 1. The Morgan fingerprint density at radius 2 is 1.75 bits per heavy atom. The van der Waals surface area contributed by atoms with Crippen molar-refractivity contribution in [1.29, 1.82) is 0 Å². The maximum Gasteiger partial charge on any atom is 0.0367 e. The Hall–Kier alpha value is -0.670. The molecule has 0 amide bonds. The molecule has 0 bridgehead atoms. The van der Waals surface area contributed by atoms with Crippen LogP contribution in [0.2, 0.25) is 0 Å². The first-order valence-corrected chi connectivity index (χ1v) is 8.69. The zero-order chi connectivity index (χ0) is 14.5. The molecule has 1 aliphatic heterocycles. The summed E-state index contributed by atoms with van der Waals surface area (Å²) in [4.78, 5) is 2.52. The molecule has 1 saturated heterocycles. The van der Waals surface area contributed by atoms with Gasteiger partial charge in [-0.2, -0.15) is 11.8 Å². The lowest BCUT2D eigenvalue weighted by molar-refractivity contribution is 0.552. The topological polar surface area (TPSA) is 15.3 Å². The van der Waals surface area contributed by atoms with E-state index in [2.05, 4.69) is 73.9 Å². The monoisotopic (exact) mass is 292 g/mol. The van der Waals surface area contributed by atoms with Crippen LogP contribution in [0.25, 0.3) is 0 Å². The number of hydrogen-bond acceptors (Lipinski definition) is 3. The van der Waals surface area contributed by atoms with E-state index in [0.29, 0.717) is 5.92 Å². The van der Waals surface area contributed by atoms with Gasteiger partial charge in [-0.25, -0.2) is 0 Å². The average molecular weight is 292 g/mol. The first kappa shape index (κ1) is 15.7.